The number of para-hydroxylation sites is 1. The molecule has 5 heterocycles. The monoisotopic (exact) mass is 616 g/mol. The van der Waals surface area contributed by atoms with Gasteiger partial charge in [0.2, 0.25) is 12.1 Å². The quantitative estimate of drug-likeness (QED) is 0.104. The summed E-state index contributed by atoms with van der Waals surface area (Å²) in [6.07, 6.45) is -5.93. The molecule has 1 unspecified atom stereocenters. The number of hydrogen-bond acceptors (Lipinski definition) is 9. The van der Waals surface area contributed by atoms with Gasteiger partial charge in [-0.05, 0) is 36.4 Å². The summed E-state index contributed by atoms with van der Waals surface area (Å²) in [6.45, 7) is 3.82. The van der Waals surface area contributed by atoms with Gasteiger partial charge in [0.15, 0.2) is 5.82 Å². The van der Waals surface area contributed by atoms with Crippen molar-refractivity contribution < 1.29 is 26.8 Å². The highest BCUT2D eigenvalue weighted by molar-refractivity contribution is 7.19. The zero-order valence-corrected chi connectivity index (χ0v) is 23.8. The highest BCUT2D eigenvalue weighted by Gasteiger charge is 2.45. The van der Waals surface area contributed by atoms with Crippen LogP contribution in [0.4, 0.5) is 17.6 Å². The number of fused-ring (bicyclic) bond motifs is 3. The molecule has 5 aromatic heterocycles. The fraction of sp³-hybridized carbons (Fsp3) is 0.161. The first kappa shape index (κ1) is 27.8. The van der Waals surface area contributed by atoms with Crippen LogP contribution in [0.1, 0.15) is 37.3 Å². The molecule has 0 aliphatic heterocycles. The summed E-state index contributed by atoms with van der Waals surface area (Å²) < 4.78 is 69.0. The molecule has 8 nitrogen and oxygen atoms in total. The lowest BCUT2D eigenvalue weighted by atomic mass is 9.98. The van der Waals surface area contributed by atoms with Crippen molar-refractivity contribution in [1.29, 1.82) is 0 Å². The number of ether oxygens (including phenoxy) is 1. The average Bonchev–Trinajstić information content (AvgIpc) is 3.65. The van der Waals surface area contributed by atoms with Crippen molar-refractivity contribution in [2.24, 2.45) is 0 Å². The van der Waals surface area contributed by atoms with Gasteiger partial charge < -0.3 is 9.26 Å². The van der Waals surface area contributed by atoms with E-state index >= 15 is 0 Å². The second kappa shape index (κ2) is 10.6. The van der Waals surface area contributed by atoms with Crippen LogP contribution in [0.3, 0.4) is 0 Å². The van der Waals surface area contributed by atoms with Gasteiger partial charge in [0.05, 0.1) is 16.7 Å². The standard InChI is InChI=1S/C31H20F4N6O2S/c1-15(2)27-40-28(43-41-27)18-7-8-19(25-20(18)13-16-5-3-4-6-21(16)37-25)26(31(33,34)35)42-30-39-23-10-9-22(38-29(23)44-30)17-11-12-36-24(32)14-17/h3-15,26H,1-2H3. The summed E-state index contributed by atoms with van der Waals surface area (Å²) in [6, 6.07) is 17.7. The van der Waals surface area contributed by atoms with Gasteiger partial charge in [-0.1, -0.05) is 54.6 Å². The van der Waals surface area contributed by atoms with Crippen LogP contribution in [0.15, 0.2) is 77.4 Å². The number of pyridine rings is 3. The predicted octanol–water partition coefficient (Wildman–Crippen LogP) is 8.45. The summed E-state index contributed by atoms with van der Waals surface area (Å²) in [5, 5.41) is 4.92. The van der Waals surface area contributed by atoms with Gasteiger partial charge in [-0.3, -0.25) is 0 Å². The summed E-state index contributed by atoms with van der Waals surface area (Å²) in [7, 11) is 0. The fourth-order valence-electron chi connectivity index (χ4n) is 4.84. The van der Waals surface area contributed by atoms with Gasteiger partial charge in [0.1, 0.15) is 10.3 Å². The van der Waals surface area contributed by atoms with E-state index in [-0.39, 0.29) is 28.1 Å². The Bertz CT molecular complexity index is 2180. The van der Waals surface area contributed by atoms with Gasteiger partial charge in [0.25, 0.3) is 11.1 Å². The lowest BCUT2D eigenvalue weighted by Crippen LogP contribution is -2.26. The minimum absolute atomic E-state index is 0.00903. The number of nitrogens with zero attached hydrogens (tertiary/aromatic N) is 6. The Morgan fingerprint density at radius 2 is 1.73 bits per heavy atom. The van der Waals surface area contributed by atoms with E-state index in [0.29, 0.717) is 43.9 Å². The van der Waals surface area contributed by atoms with E-state index in [0.717, 1.165) is 16.7 Å². The molecule has 0 saturated carbocycles. The average molecular weight is 617 g/mol. The number of aromatic nitrogens is 6. The number of rotatable bonds is 6. The molecule has 0 saturated heterocycles. The largest absolute Gasteiger partial charge is 0.452 e. The molecule has 0 N–H and O–H groups in total. The molecule has 220 valence electrons. The van der Waals surface area contributed by atoms with E-state index in [1.165, 1.54) is 24.4 Å². The molecule has 13 heteroatoms. The van der Waals surface area contributed by atoms with Crippen LogP contribution < -0.4 is 4.74 Å². The Morgan fingerprint density at radius 3 is 2.50 bits per heavy atom. The lowest BCUT2D eigenvalue weighted by molar-refractivity contribution is -0.197. The Morgan fingerprint density at radius 1 is 0.886 bits per heavy atom. The van der Waals surface area contributed by atoms with Crippen molar-refractivity contribution in [3.8, 4) is 27.9 Å². The van der Waals surface area contributed by atoms with Crippen molar-refractivity contribution in [2.75, 3.05) is 0 Å². The third kappa shape index (κ3) is 5.08. The molecular formula is C31H20F4N6O2S. The number of alkyl halides is 3. The van der Waals surface area contributed by atoms with E-state index in [1.807, 2.05) is 26.0 Å². The van der Waals surface area contributed by atoms with Crippen molar-refractivity contribution in [2.45, 2.75) is 32.0 Å². The first-order valence-corrected chi connectivity index (χ1v) is 14.2. The van der Waals surface area contributed by atoms with Gasteiger partial charge in [-0.25, -0.2) is 19.9 Å². The van der Waals surface area contributed by atoms with Crippen LogP contribution in [-0.2, 0) is 0 Å². The smallest absolute Gasteiger partial charge is 0.429 e. The molecule has 0 fully saturated rings. The van der Waals surface area contributed by atoms with Gasteiger partial charge in [0, 0.05) is 45.6 Å². The maximum absolute atomic E-state index is 14.8. The molecule has 0 radical (unpaired) electrons. The molecule has 1 atom stereocenters. The molecule has 7 rings (SSSR count). The van der Waals surface area contributed by atoms with Crippen LogP contribution >= 0.6 is 11.3 Å². The molecule has 44 heavy (non-hydrogen) atoms. The highest BCUT2D eigenvalue weighted by Crippen LogP contribution is 2.43. The maximum atomic E-state index is 14.8. The van der Waals surface area contributed by atoms with Gasteiger partial charge >= 0.3 is 6.18 Å². The molecule has 0 aliphatic rings. The Hall–Kier alpha value is -5.04. The van der Waals surface area contributed by atoms with Crippen molar-refractivity contribution in [3.05, 3.63) is 90.3 Å². The van der Waals surface area contributed by atoms with Gasteiger partial charge in [-0.2, -0.15) is 22.5 Å². The van der Waals surface area contributed by atoms with E-state index in [2.05, 4.69) is 30.1 Å². The number of hydrogen-bond donors (Lipinski definition) is 0. The second-order valence-electron chi connectivity index (χ2n) is 10.3. The molecule has 0 amide bonds. The first-order valence-electron chi connectivity index (χ1n) is 13.4. The molecule has 0 aliphatic carbocycles. The Kier molecular flexibility index (Phi) is 6.69. The lowest BCUT2D eigenvalue weighted by Gasteiger charge is -2.22. The van der Waals surface area contributed by atoms with Crippen molar-refractivity contribution in [3.63, 3.8) is 0 Å². The summed E-state index contributed by atoms with van der Waals surface area (Å²) in [5.41, 5.74) is 2.06. The van der Waals surface area contributed by atoms with Crippen molar-refractivity contribution >= 4 is 43.5 Å². The molecule has 7 aromatic rings. The zero-order valence-electron chi connectivity index (χ0n) is 23.0. The third-order valence-corrected chi connectivity index (χ3v) is 7.82. The van der Waals surface area contributed by atoms with E-state index in [4.69, 9.17) is 9.26 Å². The minimum atomic E-state index is -4.83. The fourth-order valence-corrected chi connectivity index (χ4v) is 5.65. The number of thiazole rings is 1. The SMILES string of the molecule is CC(C)c1noc(-c2ccc(C(Oc3nc4ccc(-c5ccnc(F)c5)nc4s3)C(F)(F)F)c3nc4ccccc4cc23)n1. The van der Waals surface area contributed by atoms with E-state index in [9.17, 15) is 17.6 Å². The highest BCUT2D eigenvalue weighted by atomic mass is 32.1. The number of halogens is 4. The molecule has 0 spiro atoms. The third-order valence-electron chi connectivity index (χ3n) is 6.96. The Labute approximate surface area is 250 Å². The van der Waals surface area contributed by atoms with Crippen LogP contribution in [0.25, 0.3) is 54.9 Å². The maximum Gasteiger partial charge on any atom is 0.429 e. The van der Waals surface area contributed by atoms with Crippen molar-refractivity contribution in [1.82, 2.24) is 30.1 Å². The van der Waals surface area contributed by atoms with Crippen LogP contribution in [0.5, 0.6) is 5.19 Å². The van der Waals surface area contributed by atoms with Gasteiger partial charge in [-0.15, -0.1) is 0 Å². The Balaban J connectivity index is 1.34. The predicted molar refractivity (Wildman–Crippen MR) is 157 cm³/mol. The first-order chi connectivity index (χ1) is 21.1. The van der Waals surface area contributed by atoms with Crippen LogP contribution in [0, 0.1) is 5.95 Å². The molecular weight excluding hydrogens is 596 g/mol. The van der Waals surface area contributed by atoms with E-state index < -0.39 is 18.2 Å². The molecule has 0 bridgehead atoms. The number of benzene rings is 2. The summed E-state index contributed by atoms with van der Waals surface area (Å²) in [5.74, 6) is -0.0341. The zero-order chi connectivity index (χ0) is 30.6. The second-order valence-corrected chi connectivity index (χ2v) is 11.2. The van der Waals surface area contributed by atoms with Crippen LogP contribution in [0.2, 0.25) is 0 Å². The van der Waals surface area contributed by atoms with Crippen LogP contribution in [-0.4, -0.2) is 36.3 Å². The minimum Gasteiger partial charge on any atom is -0.452 e. The summed E-state index contributed by atoms with van der Waals surface area (Å²) in [4.78, 5) is 21.7. The topological polar surface area (TPSA) is 99.7 Å². The summed E-state index contributed by atoms with van der Waals surface area (Å²) >= 11 is 0.855. The van der Waals surface area contributed by atoms with E-state index in [1.54, 1.807) is 36.4 Å². The molecule has 2 aromatic carbocycles. The normalized spacial score (nSPS) is 12.9.